The van der Waals surface area contributed by atoms with Gasteiger partial charge in [-0.15, -0.1) is 19.0 Å². The largest absolute Gasteiger partial charge is 0.496 e. The summed E-state index contributed by atoms with van der Waals surface area (Å²) in [4.78, 5) is 0. The van der Waals surface area contributed by atoms with Gasteiger partial charge >= 0.3 is 0 Å². The highest BCUT2D eigenvalue weighted by molar-refractivity contribution is 5.85. The molecule has 3 heteroatoms. The molecule has 0 aliphatic heterocycles. The summed E-state index contributed by atoms with van der Waals surface area (Å²) in [5.41, 5.74) is 7.95. The molecular weight excluding hydrogens is 198 g/mol. The normalized spacial score (nSPS) is 11.4. The van der Waals surface area contributed by atoms with Crippen LogP contribution < -0.4 is 10.5 Å². The molecule has 14 heavy (non-hydrogen) atoms. The number of aryl methyl sites for hydroxylation is 1. The summed E-state index contributed by atoms with van der Waals surface area (Å²) < 4.78 is 5.15. The highest BCUT2D eigenvalue weighted by Gasteiger charge is 2.03. The van der Waals surface area contributed by atoms with Crippen LogP contribution in [-0.2, 0) is 0 Å². The molecule has 1 aromatic rings. The first-order valence-electron chi connectivity index (χ1n) is 4.21. The zero-order chi connectivity index (χ0) is 9.84. The Morgan fingerprint density at radius 1 is 1.50 bits per heavy atom. The van der Waals surface area contributed by atoms with Crippen LogP contribution in [0.3, 0.4) is 0 Å². The topological polar surface area (TPSA) is 35.2 Å². The molecule has 0 radical (unpaired) electrons. The highest BCUT2D eigenvalue weighted by atomic mass is 35.5. The molecule has 0 spiro atoms. The Hall–Kier alpha value is -0.990. The SMILES string of the molecule is C=C[C@H](N)c1ccc(OC)c(C)c1.Cl. The summed E-state index contributed by atoms with van der Waals surface area (Å²) in [6.45, 7) is 5.65. The van der Waals surface area contributed by atoms with Crippen molar-refractivity contribution in [2.75, 3.05) is 7.11 Å². The molecule has 0 aliphatic carbocycles. The molecule has 0 unspecified atom stereocenters. The third kappa shape index (κ3) is 2.76. The number of ether oxygens (including phenoxy) is 1. The van der Waals surface area contributed by atoms with Gasteiger partial charge in [-0.2, -0.15) is 0 Å². The van der Waals surface area contributed by atoms with Gasteiger partial charge in [0.2, 0.25) is 0 Å². The Balaban J connectivity index is 0.00000169. The van der Waals surface area contributed by atoms with Crippen molar-refractivity contribution in [1.29, 1.82) is 0 Å². The van der Waals surface area contributed by atoms with Gasteiger partial charge in [-0.05, 0) is 24.1 Å². The lowest BCUT2D eigenvalue weighted by Crippen LogP contribution is -2.06. The summed E-state index contributed by atoms with van der Waals surface area (Å²) in [7, 11) is 1.66. The number of hydrogen-bond donors (Lipinski definition) is 1. The molecule has 0 aromatic heterocycles. The van der Waals surface area contributed by atoms with Gasteiger partial charge in [-0.1, -0.05) is 18.2 Å². The first-order chi connectivity index (χ1) is 6.19. The number of hydrogen-bond acceptors (Lipinski definition) is 2. The van der Waals surface area contributed by atoms with Gasteiger partial charge in [-0.25, -0.2) is 0 Å². The minimum Gasteiger partial charge on any atom is -0.496 e. The van der Waals surface area contributed by atoms with E-state index in [1.54, 1.807) is 13.2 Å². The van der Waals surface area contributed by atoms with Crippen LogP contribution in [0.4, 0.5) is 0 Å². The maximum absolute atomic E-state index is 5.80. The van der Waals surface area contributed by atoms with Crippen molar-refractivity contribution in [3.8, 4) is 5.75 Å². The van der Waals surface area contributed by atoms with Crippen LogP contribution in [0.15, 0.2) is 30.9 Å². The van der Waals surface area contributed by atoms with Gasteiger partial charge < -0.3 is 10.5 Å². The molecule has 0 bridgehead atoms. The third-order valence-electron chi connectivity index (χ3n) is 2.06. The first kappa shape index (κ1) is 13.0. The van der Waals surface area contributed by atoms with E-state index in [0.29, 0.717) is 0 Å². The lowest BCUT2D eigenvalue weighted by Gasteiger charge is -2.10. The molecule has 0 saturated heterocycles. The number of methoxy groups -OCH3 is 1. The maximum atomic E-state index is 5.80. The number of rotatable bonds is 3. The summed E-state index contributed by atoms with van der Waals surface area (Å²) >= 11 is 0. The van der Waals surface area contributed by atoms with Gasteiger partial charge in [0.25, 0.3) is 0 Å². The van der Waals surface area contributed by atoms with Crippen LogP contribution in [-0.4, -0.2) is 7.11 Å². The van der Waals surface area contributed by atoms with E-state index in [4.69, 9.17) is 10.5 Å². The standard InChI is InChI=1S/C11H15NO.ClH/c1-4-10(12)9-5-6-11(13-3)8(2)7-9;/h4-7,10H,1,12H2,2-3H3;1H/t10-;/m0./s1. The summed E-state index contributed by atoms with van der Waals surface area (Å²) in [6, 6.07) is 5.81. The van der Waals surface area contributed by atoms with Gasteiger partial charge in [0.15, 0.2) is 0 Å². The van der Waals surface area contributed by atoms with Crippen molar-refractivity contribution in [1.82, 2.24) is 0 Å². The molecule has 78 valence electrons. The molecule has 0 heterocycles. The minimum absolute atomic E-state index is 0. The second-order valence-corrected chi connectivity index (χ2v) is 2.99. The molecule has 1 atom stereocenters. The van der Waals surface area contributed by atoms with Gasteiger partial charge in [0, 0.05) is 6.04 Å². The average Bonchev–Trinajstić information content (AvgIpc) is 2.16. The van der Waals surface area contributed by atoms with E-state index in [0.717, 1.165) is 16.9 Å². The Kier molecular flexibility index (Phi) is 5.28. The van der Waals surface area contributed by atoms with Crippen molar-refractivity contribution in [3.63, 3.8) is 0 Å². The monoisotopic (exact) mass is 213 g/mol. The van der Waals surface area contributed by atoms with Crippen LogP contribution in [0.5, 0.6) is 5.75 Å². The fourth-order valence-electron chi connectivity index (χ4n) is 1.25. The smallest absolute Gasteiger partial charge is 0.121 e. The Morgan fingerprint density at radius 3 is 2.57 bits per heavy atom. The summed E-state index contributed by atoms with van der Waals surface area (Å²) in [5, 5.41) is 0. The molecule has 0 amide bonds. The summed E-state index contributed by atoms with van der Waals surface area (Å²) in [5.74, 6) is 0.889. The van der Waals surface area contributed by atoms with E-state index in [-0.39, 0.29) is 18.4 Å². The van der Waals surface area contributed by atoms with Gasteiger partial charge in [0.05, 0.1) is 7.11 Å². The Labute approximate surface area is 91.2 Å². The van der Waals surface area contributed by atoms with E-state index in [1.807, 2.05) is 25.1 Å². The molecule has 2 nitrogen and oxygen atoms in total. The van der Waals surface area contributed by atoms with Crippen molar-refractivity contribution in [2.24, 2.45) is 5.73 Å². The van der Waals surface area contributed by atoms with E-state index in [2.05, 4.69) is 6.58 Å². The average molecular weight is 214 g/mol. The zero-order valence-electron chi connectivity index (χ0n) is 8.49. The highest BCUT2D eigenvalue weighted by Crippen LogP contribution is 2.21. The number of benzene rings is 1. The molecule has 1 aromatic carbocycles. The van der Waals surface area contributed by atoms with Crippen molar-refractivity contribution in [2.45, 2.75) is 13.0 Å². The molecule has 0 aliphatic rings. The van der Waals surface area contributed by atoms with Gasteiger partial charge in [0.1, 0.15) is 5.75 Å². The van der Waals surface area contributed by atoms with Crippen molar-refractivity contribution in [3.05, 3.63) is 42.0 Å². The predicted molar refractivity (Wildman–Crippen MR) is 62.1 cm³/mol. The second-order valence-electron chi connectivity index (χ2n) is 2.99. The van der Waals surface area contributed by atoms with Crippen LogP contribution in [0.25, 0.3) is 0 Å². The van der Waals surface area contributed by atoms with E-state index in [1.165, 1.54) is 0 Å². The maximum Gasteiger partial charge on any atom is 0.121 e. The Bertz CT molecular complexity index is 312. The van der Waals surface area contributed by atoms with Gasteiger partial charge in [-0.3, -0.25) is 0 Å². The van der Waals surface area contributed by atoms with E-state index >= 15 is 0 Å². The predicted octanol–water partition coefficient (Wildman–Crippen LogP) is 2.61. The van der Waals surface area contributed by atoms with Crippen molar-refractivity contribution >= 4 is 12.4 Å². The molecule has 0 fully saturated rings. The fourth-order valence-corrected chi connectivity index (χ4v) is 1.25. The molecule has 1 rings (SSSR count). The van der Waals surface area contributed by atoms with E-state index < -0.39 is 0 Å². The second kappa shape index (κ2) is 5.68. The lowest BCUT2D eigenvalue weighted by molar-refractivity contribution is 0.411. The Morgan fingerprint density at radius 2 is 2.14 bits per heavy atom. The lowest BCUT2D eigenvalue weighted by atomic mass is 10.0. The van der Waals surface area contributed by atoms with Crippen LogP contribution in [0.1, 0.15) is 17.2 Å². The number of halogens is 1. The van der Waals surface area contributed by atoms with Crippen LogP contribution in [0.2, 0.25) is 0 Å². The molecule has 2 N–H and O–H groups in total. The fraction of sp³-hybridized carbons (Fsp3) is 0.273. The molecular formula is C11H16ClNO. The van der Waals surface area contributed by atoms with E-state index in [9.17, 15) is 0 Å². The number of nitrogens with two attached hydrogens (primary N) is 1. The summed E-state index contributed by atoms with van der Waals surface area (Å²) in [6.07, 6.45) is 1.72. The quantitative estimate of drug-likeness (QED) is 0.784. The minimum atomic E-state index is -0.0930. The molecule has 0 saturated carbocycles. The third-order valence-corrected chi connectivity index (χ3v) is 2.06. The van der Waals surface area contributed by atoms with Crippen molar-refractivity contribution < 1.29 is 4.74 Å². The van der Waals surface area contributed by atoms with Crippen LogP contribution >= 0.6 is 12.4 Å². The zero-order valence-corrected chi connectivity index (χ0v) is 9.30. The first-order valence-corrected chi connectivity index (χ1v) is 4.21. The van der Waals surface area contributed by atoms with Crippen LogP contribution in [0, 0.1) is 6.92 Å².